The van der Waals surface area contributed by atoms with Crippen LogP contribution in [0.5, 0.6) is 0 Å². The molecule has 0 unspecified atom stereocenters. The van der Waals surface area contributed by atoms with E-state index in [2.05, 4.69) is 19.2 Å². The van der Waals surface area contributed by atoms with Gasteiger partial charge in [-0.1, -0.05) is 0 Å². The Hall–Kier alpha value is -0.570. The second kappa shape index (κ2) is 1.97. The molecule has 11 heavy (non-hydrogen) atoms. The molecule has 0 saturated carbocycles. The van der Waals surface area contributed by atoms with Crippen LogP contribution in [0.2, 0.25) is 0 Å². The van der Waals surface area contributed by atoms with E-state index in [0.717, 1.165) is 13.0 Å². The third kappa shape index (κ3) is 0.805. The van der Waals surface area contributed by atoms with Crippen molar-refractivity contribution < 1.29 is 4.79 Å². The monoisotopic (exact) mass is 154 g/mol. The lowest BCUT2D eigenvalue weighted by atomic mass is 10.1. The zero-order valence-corrected chi connectivity index (χ0v) is 7.05. The molecule has 1 N–H and O–H groups in total. The molecule has 3 heteroatoms. The lowest BCUT2D eigenvalue weighted by Crippen LogP contribution is -2.46. The van der Waals surface area contributed by atoms with Crippen LogP contribution in [0.15, 0.2) is 0 Å². The molecule has 3 nitrogen and oxygen atoms in total. The van der Waals surface area contributed by atoms with Crippen LogP contribution in [0, 0.1) is 0 Å². The van der Waals surface area contributed by atoms with E-state index < -0.39 is 0 Å². The van der Waals surface area contributed by atoms with Crippen LogP contribution >= 0.6 is 0 Å². The summed E-state index contributed by atoms with van der Waals surface area (Å²) in [6.07, 6.45) is 1.68. The maximum absolute atomic E-state index is 11.4. The molecule has 0 radical (unpaired) electrons. The minimum Gasteiger partial charge on any atom is -0.321 e. The number of carbonyl (C=O) groups is 1. The molecule has 0 aromatic rings. The highest BCUT2D eigenvalue weighted by Gasteiger charge is 2.47. The molecule has 62 valence electrons. The topological polar surface area (TPSA) is 32.3 Å². The highest BCUT2D eigenvalue weighted by Crippen LogP contribution is 2.33. The second-order valence-corrected chi connectivity index (χ2v) is 3.77. The van der Waals surface area contributed by atoms with Crippen molar-refractivity contribution in [2.45, 2.75) is 38.4 Å². The summed E-state index contributed by atoms with van der Waals surface area (Å²) in [6.45, 7) is 5.16. The molecule has 0 bridgehead atoms. The van der Waals surface area contributed by atoms with E-state index >= 15 is 0 Å². The molecule has 0 aliphatic carbocycles. The van der Waals surface area contributed by atoms with Crippen molar-refractivity contribution in [2.75, 3.05) is 6.54 Å². The van der Waals surface area contributed by atoms with Gasteiger partial charge in [-0.2, -0.15) is 0 Å². The number of hydrogen-bond donors (Lipinski definition) is 1. The van der Waals surface area contributed by atoms with Gasteiger partial charge >= 0.3 is 0 Å². The van der Waals surface area contributed by atoms with E-state index in [1.807, 2.05) is 4.90 Å². The predicted molar refractivity (Wildman–Crippen MR) is 41.9 cm³/mol. The van der Waals surface area contributed by atoms with Crippen LogP contribution < -0.4 is 5.32 Å². The molecule has 2 rings (SSSR count). The summed E-state index contributed by atoms with van der Waals surface area (Å²) in [5.41, 5.74) is -0.0174. The summed E-state index contributed by atoms with van der Waals surface area (Å²) >= 11 is 0. The summed E-state index contributed by atoms with van der Waals surface area (Å²) in [6, 6.07) is 0.384. The normalized spacial score (nSPS) is 43.3. The average molecular weight is 154 g/mol. The van der Waals surface area contributed by atoms with Crippen molar-refractivity contribution in [3.63, 3.8) is 0 Å². The third-order valence-electron chi connectivity index (χ3n) is 2.85. The van der Waals surface area contributed by atoms with Crippen molar-refractivity contribution in [2.24, 2.45) is 0 Å². The summed E-state index contributed by atoms with van der Waals surface area (Å²) in [7, 11) is 0. The van der Waals surface area contributed by atoms with E-state index in [1.165, 1.54) is 0 Å². The van der Waals surface area contributed by atoms with Crippen LogP contribution in [0.3, 0.4) is 0 Å². The van der Waals surface area contributed by atoms with Crippen LogP contribution in [-0.2, 0) is 4.79 Å². The largest absolute Gasteiger partial charge is 0.321 e. The minimum atomic E-state index is -0.0174. The van der Waals surface area contributed by atoms with Crippen molar-refractivity contribution in [1.29, 1.82) is 0 Å². The van der Waals surface area contributed by atoms with E-state index in [4.69, 9.17) is 0 Å². The van der Waals surface area contributed by atoms with Gasteiger partial charge in [0.1, 0.15) is 0 Å². The maximum Gasteiger partial charge on any atom is 0.224 e. The SMILES string of the molecule is C[C@H]1CN[C@]2(C)CCC(=O)N12. The van der Waals surface area contributed by atoms with Crippen molar-refractivity contribution in [3.8, 4) is 0 Å². The Kier molecular flexibility index (Phi) is 1.27. The van der Waals surface area contributed by atoms with Gasteiger partial charge in [0.05, 0.1) is 5.66 Å². The number of rotatable bonds is 0. The summed E-state index contributed by atoms with van der Waals surface area (Å²) in [5, 5.41) is 3.38. The van der Waals surface area contributed by atoms with E-state index in [1.54, 1.807) is 0 Å². The van der Waals surface area contributed by atoms with Crippen molar-refractivity contribution >= 4 is 5.91 Å². The molecular formula is C8H14N2O. The molecule has 2 aliphatic heterocycles. The van der Waals surface area contributed by atoms with Crippen molar-refractivity contribution in [1.82, 2.24) is 10.2 Å². The first kappa shape index (κ1) is 7.10. The first-order chi connectivity index (χ1) is 5.13. The van der Waals surface area contributed by atoms with Gasteiger partial charge in [-0.05, 0) is 20.3 Å². The number of carbonyl (C=O) groups excluding carboxylic acids is 1. The lowest BCUT2D eigenvalue weighted by molar-refractivity contribution is -0.131. The standard InChI is InChI=1S/C8H14N2O/c1-6-5-9-8(2)4-3-7(11)10(6)8/h6,9H,3-5H2,1-2H3/t6-,8-/m0/s1. The Morgan fingerprint density at radius 1 is 1.73 bits per heavy atom. The smallest absolute Gasteiger partial charge is 0.224 e. The Balaban J connectivity index is 2.30. The predicted octanol–water partition coefficient (Wildman–Crippen LogP) is 0.317. The molecule has 0 spiro atoms. The number of fused-ring (bicyclic) bond motifs is 1. The first-order valence-corrected chi connectivity index (χ1v) is 4.21. The highest BCUT2D eigenvalue weighted by molar-refractivity contribution is 5.80. The molecule has 0 aromatic carbocycles. The molecule has 2 heterocycles. The van der Waals surface area contributed by atoms with Crippen LogP contribution in [0.4, 0.5) is 0 Å². The summed E-state index contributed by atoms with van der Waals surface area (Å²) in [5.74, 6) is 0.310. The Labute approximate surface area is 66.8 Å². The van der Waals surface area contributed by atoms with E-state index in [-0.39, 0.29) is 5.66 Å². The minimum absolute atomic E-state index is 0.0174. The molecule has 1 amide bonds. The van der Waals surface area contributed by atoms with Crippen molar-refractivity contribution in [3.05, 3.63) is 0 Å². The lowest BCUT2D eigenvalue weighted by Gasteiger charge is -2.29. The van der Waals surface area contributed by atoms with Gasteiger partial charge in [-0.25, -0.2) is 0 Å². The van der Waals surface area contributed by atoms with Gasteiger partial charge in [-0.3, -0.25) is 10.1 Å². The van der Waals surface area contributed by atoms with E-state index in [0.29, 0.717) is 18.4 Å². The molecule has 2 saturated heterocycles. The van der Waals surface area contributed by atoms with Gasteiger partial charge in [0.25, 0.3) is 0 Å². The second-order valence-electron chi connectivity index (χ2n) is 3.77. The third-order valence-corrected chi connectivity index (χ3v) is 2.85. The average Bonchev–Trinajstić information content (AvgIpc) is 2.38. The summed E-state index contributed by atoms with van der Waals surface area (Å²) < 4.78 is 0. The van der Waals surface area contributed by atoms with Crippen LogP contribution in [-0.4, -0.2) is 29.1 Å². The Morgan fingerprint density at radius 3 is 3.09 bits per heavy atom. The Bertz CT molecular complexity index is 204. The zero-order chi connectivity index (χ0) is 8.06. The first-order valence-electron chi connectivity index (χ1n) is 4.21. The highest BCUT2D eigenvalue weighted by atomic mass is 16.2. The van der Waals surface area contributed by atoms with E-state index in [9.17, 15) is 4.79 Å². The summed E-state index contributed by atoms with van der Waals surface area (Å²) in [4.78, 5) is 13.4. The van der Waals surface area contributed by atoms with Gasteiger partial charge in [0, 0.05) is 19.0 Å². The van der Waals surface area contributed by atoms with Gasteiger partial charge < -0.3 is 4.90 Å². The van der Waals surface area contributed by atoms with Gasteiger partial charge in [0.15, 0.2) is 0 Å². The molecule has 2 aliphatic rings. The molecule has 2 atom stereocenters. The number of amides is 1. The maximum atomic E-state index is 11.4. The zero-order valence-electron chi connectivity index (χ0n) is 7.05. The van der Waals surface area contributed by atoms with Crippen LogP contribution in [0.1, 0.15) is 26.7 Å². The van der Waals surface area contributed by atoms with Gasteiger partial charge in [-0.15, -0.1) is 0 Å². The fourth-order valence-corrected chi connectivity index (χ4v) is 2.23. The molecule has 2 fully saturated rings. The Morgan fingerprint density at radius 2 is 2.45 bits per heavy atom. The fraction of sp³-hybridized carbons (Fsp3) is 0.875. The molecule has 0 aromatic heterocycles. The fourth-order valence-electron chi connectivity index (χ4n) is 2.23. The van der Waals surface area contributed by atoms with Crippen LogP contribution in [0.25, 0.3) is 0 Å². The molecular weight excluding hydrogens is 140 g/mol. The number of hydrogen-bond acceptors (Lipinski definition) is 2. The quantitative estimate of drug-likeness (QED) is 0.545. The van der Waals surface area contributed by atoms with Gasteiger partial charge in [0.2, 0.25) is 5.91 Å². The number of nitrogens with zero attached hydrogens (tertiary/aromatic N) is 1. The number of nitrogens with one attached hydrogen (secondary N) is 1.